The van der Waals surface area contributed by atoms with Crippen molar-refractivity contribution < 1.29 is 9.34 Å². The Morgan fingerprint density at radius 1 is 1.37 bits per heavy atom. The van der Waals surface area contributed by atoms with Gasteiger partial charge < -0.3 is 9.73 Å². The monoisotopic (exact) mass is 260 g/mol. The highest BCUT2D eigenvalue weighted by molar-refractivity contribution is 5.42. The molecule has 1 N–H and O–H groups in total. The fourth-order valence-corrected chi connectivity index (χ4v) is 1.86. The highest BCUT2D eigenvalue weighted by Crippen LogP contribution is 2.19. The summed E-state index contributed by atoms with van der Waals surface area (Å²) in [7, 11) is 0. The van der Waals surface area contributed by atoms with Crippen LogP contribution in [-0.2, 0) is 13.0 Å². The molecule has 0 saturated carbocycles. The van der Waals surface area contributed by atoms with E-state index in [0.29, 0.717) is 12.1 Å². The van der Waals surface area contributed by atoms with Crippen LogP contribution in [0.25, 0.3) is 0 Å². The average molecular weight is 260 g/mol. The van der Waals surface area contributed by atoms with Crippen molar-refractivity contribution in [2.75, 3.05) is 6.54 Å². The molecule has 1 heterocycles. The molecule has 2 aromatic rings. The maximum atomic E-state index is 10.8. The highest BCUT2D eigenvalue weighted by atomic mass is 16.6. The second kappa shape index (κ2) is 6.15. The molecule has 0 atom stereocenters. The van der Waals surface area contributed by atoms with Gasteiger partial charge in [0.05, 0.1) is 11.2 Å². The molecule has 0 aliphatic rings. The second-order valence-electron chi connectivity index (χ2n) is 4.38. The van der Waals surface area contributed by atoms with Gasteiger partial charge in [-0.05, 0) is 24.6 Å². The van der Waals surface area contributed by atoms with Gasteiger partial charge >= 0.3 is 0 Å². The van der Waals surface area contributed by atoms with Crippen molar-refractivity contribution in [3.05, 3.63) is 63.6 Å². The van der Waals surface area contributed by atoms with E-state index in [1.165, 1.54) is 0 Å². The Hall–Kier alpha value is -2.14. The summed E-state index contributed by atoms with van der Waals surface area (Å²) in [6, 6.07) is 9.09. The van der Waals surface area contributed by atoms with Crippen molar-refractivity contribution in [1.82, 2.24) is 5.32 Å². The molecule has 0 fully saturated rings. The smallest absolute Gasteiger partial charge is 0.272 e. The van der Waals surface area contributed by atoms with Crippen molar-refractivity contribution >= 4 is 5.69 Å². The molecule has 0 bridgehead atoms. The van der Waals surface area contributed by atoms with E-state index in [2.05, 4.69) is 5.32 Å². The fourth-order valence-electron chi connectivity index (χ4n) is 1.86. The molecule has 19 heavy (non-hydrogen) atoms. The van der Waals surface area contributed by atoms with Crippen LogP contribution in [0.2, 0.25) is 0 Å². The van der Waals surface area contributed by atoms with Crippen LogP contribution in [0, 0.1) is 17.0 Å². The third-order valence-electron chi connectivity index (χ3n) is 2.93. The summed E-state index contributed by atoms with van der Waals surface area (Å²) in [6.07, 6.45) is 2.46. The summed E-state index contributed by atoms with van der Waals surface area (Å²) in [6.45, 7) is 3.13. The molecule has 1 aromatic heterocycles. The number of hydrogen-bond donors (Lipinski definition) is 1. The summed E-state index contributed by atoms with van der Waals surface area (Å²) in [4.78, 5) is 10.5. The van der Waals surface area contributed by atoms with Crippen LogP contribution >= 0.6 is 0 Å². The predicted molar refractivity (Wildman–Crippen MR) is 72.0 cm³/mol. The number of benzene rings is 1. The Kier molecular flexibility index (Phi) is 4.30. The minimum absolute atomic E-state index is 0.172. The van der Waals surface area contributed by atoms with Gasteiger partial charge in [-0.1, -0.05) is 12.1 Å². The molecule has 5 heteroatoms. The number of nitrogens with one attached hydrogen (secondary N) is 1. The molecule has 0 aliphatic heterocycles. The zero-order chi connectivity index (χ0) is 13.7. The first-order valence-electron chi connectivity index (χ1n) is 6.14. The number of aryl methyl sites for hydroxylation is 1. The molecule has 0 unspecified atom stereocenters. The van der Waals surface area contributed by atoms with E-state index < -0.39 is 0 Å². The van der Waals surface area contributed by atoms with Gasteiger partial charge in [-0.3, -0.25) is 10.1 Å². The Labute approximate surface area is 111 Å². The largest absolute Gasteiger partial charge is 0.469 e. The van der Waals surface area contributed by atoms with Gasteiger partial charge in [-0.15, -0.1) is 0 Å². The van der Waals surface area contributed by atoms with Crippen molar-refractivity contribution in [2.24, 2.45) is 0 Å². The average Bonchev–Trinajstić information content (AvgIpc) is 2.89. The Balaban J connectivity index is 1.86. The molecule has 100 valence electrons. The molecular weight excluding hydrogens is 244 g/mol. The first-order valence-corrected chi connectivity index (χ1v) is 6.14. The molecule has 0 amide bonds. The number of rotatable bonds is 6. The molecule has 0 spiro atoms. The first-order chi connectivity index (χ1) is 9.16. The van der Waals surface area contributed by atoms with Gasteiger partial charge in [-0.2, -0.15) is 0 Å². The van der Waals surface area contributed by atoms with Crippen molar-refractivity contribution in [3.8, 4) is 0 Å². The molecule has 0 saturated heterocycles. The highest BCUT2D eigenvalue weighted by Gasteiger charge is 2.10. The number of nitro groups is 1. The van der Waals surface area contributed by atoms with E-state index in [1.807, 2.05) is 18.2 Å². The molecule has 1 aromatic carbocycles. The minimum atomic E-state index is -0.346. The van der Waals surface area contributed by atoms with E-state index in [9.17, 15) is 10.1 Å². The van der Waals surface area contributed by atoms with E-state index >= 15 is 0 Å². The van der Waals surface area contributed by atoms with Crippen LogP contribution < -0.4 is 5.32 Å². The van der Waals surface area contributed by atoms with E-state index in [0.717, 1.165) is 24.3 Å². The lowest BCUT2D eigenvalue weighted by molar-refractivity contribution is -0.385. The van der Waals surface area contributed by atoms with Crippen molar-refractivity contribution in [1.29, 1.82) is 0 Å². The number of nitro benzene ring substituents is 1. The summed E-state index contributed by atoms with van der Waals surface area (Å²) in [5.74, 6) is 0.933. The minimum Gasteiger partial charge on any atom is -0.469 e. The molecule has 0 aliphatic carbocycles. The van der Waals surface area contributed by atoms with Crippen LogP contribution in [0.5, 0.6) is 0 Å². The van der Waals surface area contributed by atoms with Crippen LogP contribution in [0.1, 0.15) is 16.9 Å². The van der Waals surface area contributed by atoms with Gasteiger partial charge in [0.15, 0.2) is 0 Å². The third-order valence-corrected chi connectivity index (χ3v) is 2.93. The summed E-state index contributed by atoms with van der Waals surface area (Å²) in [5, 5.41) is 14.1. The van der Waals surface area contributed by atoms with E-state index in [4.69, 9.17) is 4.42 Å². The van der Waals surface area contributed by atoms with Crippen LogP contribution in [0.4, 0.5) is 5.69 Å². The van der Waals surface area contributed by atoms with Gasteiger partial charge in [0.25, 0.3) is 5.69 Å². The number of nitrogens with zero attached hydrogens (tertiary/aromatic N) is 1. The van der Waals surface area contributed by atoms with Gasteiger partial charge in [0, 0.05) is 31.1 Å². The van der Waals surface area contributed by atoms with Crippen LogP contribution in [-0.4, -0.2) is 11.5 Å². The number of hydrogen-bond acceptors (Lipinski definition) is 4. The Bertz CT molecular complexity index is 550. The summed E-state index contributed by atoms with van der Waals surface area (Å²) >= 11 is 0. The molecule has 0 radical (unpaired) electrons. The lowest BCUT2D eigenvalue weighted by atomic mass is 10.1. The van der Waals surface area contributed by atoms with Crippen molar-refractivity contribution in [2.45, 2.75) is 19.9 Å². The second-order valence-corrected chi connectivity index (χ2v) is 4.38. The maximum Gasteiger partial charge on any atom is 0.272 e. The van der Waals surface area contributed by atoms with Crippen molar-refractivity contribution in [3.63, 3.8) is 0 Å². The zero-order valence-corrected chi connectivity index (χ0v) is 10.8. The third kappa shape index (κ3) is 3.66. The quantitative estimate of drug-likeness (QED) is 0.492. The lowest BCUT2D eigenvalue weighted by Crippen LogP contribution is -2.16. The first kappa shape index (κ1) is 13.3. The SMILES string of the molecule is Cc1ccc(CNCCc2ccco2)cc1[N+](=O)[O-]. The Morgan fingerprint density at radius 2 is 2.21 bits per heavy atom. The topological polar surface area (TPSA) is 68.3 Å². The predicted octanol–water partition coefficient (Wildman–Crippen LogP) is 2.83. The maximum absolute atomic E-state index is 10.8. The molecule has 2 rings (SSSR count). The van der Waals surface area contributed by atoms with Gasteiger partial charge in [0.2, 0.25) is 0 Å². The molecular formula is C14H16N2O3. The van der Waals surface area contributed by atoms with Crippen LogP contribution in [0.3, 0.4) is 0 Å². The van der Waals surface area contributed by atoms with Gasteiger partial charge in [0.1, 0.15) is 5.76 Å². The Morgan fingerprint density at radius 3 is 2.89 bits per heavy atom. The van der Waals surface area contributed by atoms with Crippen LogP contribution in [0.15, 0.2) is 41.0 Å². The lowest BCUT2D eigenvalue weighted by Gasteiger charge is -2.05. The van der Waals surface area contributed by atoms with Gasteiger partial charge in [-0.25, -0.2) is 0 Å². The number of furan rings is 1. The zero-order valence-electron chi connectivity index (χ0n) is 10.8. The summed E-state index contributed by atoms with van der Waals surface area (Å²) < 4.78 is 5.22. The normalized spacial score (nSPS) is 10.6. The summed E-state index contributed by atoms with van der Waals surface area (Å²) in [5.41, 5.74) is 1.77. The fraction of sp³-hybridized carbons (Fsp3) is 0.286. The standard InChI is InChI=1S/C14H16N2O3/c1-11-4-5-12(9-14(11)16(17)18)10-15-7-6-13-3-2-8-19-13/h2-5,8-9,15H,6-7,10H2,1H3. The molecule has 5 nitrogen and oxygen atoms in total. The van der Waals surface area contributed by atoms with E-state index in [-0.39, 0.29) is 10.6 Å². The van der Waals surface area contributed by atoms with E-state index in [1.54, 1.807) is 25.3 Å².